The van der Waals surface area contributed by atoms with Gasteiger partial charge in [-0.15, -0.1) is 0 Å². The van der Waals surface area contributed by atoms with E-state index in [9.17, 15) is 14.4 Å². The third kappa shape index (κ3) is 50.4. The summed E-state index contributed by atoms with van der Waals surface area (Å²) in [5, 5.41) is 0. The molecule has 0 N–H and O–H groups in total. The first-order valence-electron chi connectivity index (χ1n) is 25.8. The molecule has 1 atom stereocenters. The first-order chi connectivity index (χ1) is 32.0. The van der Waals surface area contributed by atoms with Crippen LogP contribution in [0.2, 0.25) is 0 Å². The van der Waals surface area contributed by atoms with E-state index in [0.717, 1.165) is 70.6 Å². The van der Waals surface area contributed by atoms with Crippen molar-refractivity contribution in [2.45, 2.75) is 207 Å². The molecule has 0 aliphatic rings. The number of unbranched alkanes of at least 4 members (excludes halogenated alkanes) is 15. The average Bonchev–Trinajstić information content (AvgIpc) is 3.30. The van der Waals surface area contributed by atoms with Crippen LogP contribution in [0.25, 0.3) is 0 Å². The number of hydrogen-bond acceptors (Lipinski definition) is 6. The lowest BCUT2D eigenvalue weighted by Gasteiger charge is -2.18. The Hall–Kier alpha value is -4.45. The Morgan fingerprint density at radius 3 is 1.17 bits per heavy atom. The lowest BCUT2D eigenvalue weighted by atomic mass is 10.0. The van der Waals surface area contributed by atoms with E-state index in [0.29, 0.717) is 19.3 Å². The summed E-state index contributed by atoms with van der Waals surface area (Å²) in [4.78, 5) is 37.9. The van der Waals surface area contributed by atoms with E-state index >= 15 is 0 Å². The standard InChI is InChI=1S/C59H92O6/c1-4-7-10-13-16-19-22-25-27-28-29-30-32-34-37-40-43-46-49-52-58(61)64-55-56(54-63-57(60)51-48-45-42-39-36-33-24-21-18-15-12-9-6-3)65-59(62)53-50-47-44-41-38-35-31-26-23-20-17-14-11-8-5-2/h7,9-10,12,15-16,18-19,21,24-25,27,29-30,33-34,36-37,39,42-43,46,56H,4-6,8,11,13-14,17,20,22-23,26,28,31-32,35,38,40-41,44-45,47-55H2,1-3H3/b10-7+,12-9+,18-15+,19-16+,24-21+,27-25+,30-29+,36-33+,37-34+,42-39+,46-43+. The molecule has 0 aromatic heterocycles. The highest BCUT2D eigenvalue weighted by Crippen LogP contribution is 2.14. The molecule has 6 heteroatoms. The van der Waals surface area contributed by atoms with Crippen molar-refractivity contribution in [3.63, 3.8) is 0 Å². The summed E-state index contributed by atoms with van der Waals surface area (Å²) < 4.78 is 16.7. The van der Waals surface area contributed by atoms with Crippen LogP contribution in [0.4, 0.5) is 0 Å². The van der Waals surface area contributed by atoms with E-state index < -0.39 is 6.10 Å². The first kappa shape index (κ1) is 60.6. The summed E-state index contributed by atoms with van der Waals surface area (Å²) in [6.07, 6.45) is 73.1. The summed E-state index contributed by atoms with van der Waals surface area (Å²) in [7, 11) is 0. The SMILES string of the molecule is CC/C=C/C=C/C=C/C=C/C=C/CCCC(=O)OCC(COC(=O)CC/C=C/C/C=C/C/C=C/C/C=C/C/C=C/C/C=C/CC)OC(=O)CCCCCCCCCCCCCCCCC. The Balaban J connectivity index is 4.60. The number of ether oxygens (including phenoxy) is 3. The van der Waals surface area contributed by atoms with Crippen LogP contribution < -0.4 is 0 Å². The Labute approximate surface area is 398 Å². The number of allylic oxidation sites excluding steroid dienone is 22. The number of rotatable bonds is 44. The summed E-state index contributed by atoms with van der Waals surface area (Å²) >= 11 is 0. The maximum absolute atomic E-state index is 12.8. The van der Waals surface area contributed by atoms with Crippen molar-refractivity contribution in [3.8, 4) is 0 Å². The molecule has 0 rings (SSSR count). The van der Waals surface area contributed by atoms with Crippen LogP contribution in [0.5, 0.6) is 0 Å². The fourth-order valence-electron chi connectivity index (χ4n) is 6.50. The van der Waals surface area contributed by atoms with Gasteiger partial charge in [-0.3, -0.25) is 14.4 Å². The molecule has 0 aromatic carbocycles. The zero-order valence-electron chi connectivity index (χ0n) is 41.4. The Kier molecular flexibility index (Phi) is 48.6. The molecular weight excluding hydrogens is 805 g/mol. The predicted octanol–water partition coefficient (Wildman–Crippen LogP) is 17.1. The van der Waals surface area contributed by atoms with Gasteiger partial charge in [0.25, 0.3) is 0 Å². The minimum absolute atomic E-state index is 0.141. The van der Waals surface area contributed by atoms with Gasteiger partial charge in [0.05, 0.1) is 0 Å². The van der Waals surface area contributed by atoms with Crippen molar-refractivity contribution >= 4 is 17.9 Å². The number of hydrogen-bond donors (Lipinski definition) is 0. The van der Waals surface area contributed by atoms with Crippen molar-refractivity contribution in [1.82, 2.24) is 0 Å². The van der Waals surface area contributed by atoms with Gasteiger partial charge in [0.2, 0.25) is 0 Å². The number of carbonyl (C=O) groups is 3. The van der Waals surface area contributed by atoms with Crippen molar-refractivity contribution in [2.24, 2.45) is 0 Å². The van der Waals surface area contributed by atoms with Crippen LogP contribution in [-0.2, 0) is 28.6 Å². The minimum Gasteiger partial charge on any atom is -0.462 e. The van der Waals surface area contributed by atoms with Gasteiger partial charge >= 0.3 is 17.9 Å². The van der Waals surface area contributed by atoms with Gasteiger partial charge in [-0.25, -0.2) is 0 Å². The smallest absolute Gasteiger partial charge is 0.306 e. The molecular formula is C59H92O6. The third-order valence-electron chi connectivity index (χ3n) is 10.3. The molecule has 364 valence electrons. The van der Waals surface area contributed by atoms with Gasteiger partial charge < -0.3 is 14.2 Å². The van der Waals surface area contributed by atoms with E-state index in [1.54, 1.807) is 0 Å². The fourth-order valence-corrected chi connectivity index (χ4v) is 6.50. The number of esters is 3. The van der Waals surface area contributed by atoms with Crippen molar-refractivity contribution < 1.29 is 28.6 Å². The Morgan fingerprint density at radius 2 is 0.708 bits per heavy atom. The molecule has 0 fully saturated rings. The fraction of sp³-hybridized carbons (Fsp3) is 0.576. The summed E-state index contributed by atoms with van der Waals surface area (Å²) in [5.74, 6) is -1.10. The quantitative estimate of drug-likeness (QED) is 0.0199. The van der Waals surface area contributed by atoms with Crippen molar-refractivity contribution in [1.29, 1.82) is 0 Å². The highest BCUT2D eigenvalue weighted by molar-refractivity contribution is 5.71. The molecule has 0 aliphatic heterocycles. The van der Waals surface area contributed by atoms with Gasteiger partial charge in [-0.2, -0.15) is 0 Å². The van der Waals surface area contributed by atoms with E-state index in [1.165, 1.54) is 77.0 Å². The van der Waals surface area contributed by atoms with Crippen LogP contribution in [-0.4, -0.2) is 37.2 Å². The van der Waals surface area contributed by atoms with E-state index in [1.807, 2.05) is 66.8 Å². The monoisotopic (exact) mass is 897 g/mol. The van der Waals surface area contributed by atoms with Crippen LogP contribution in [0.1, 0.15) is 201 Å². The Bertz CT molecular complexity index is 1450. The summed E-state index contributed by atoms with van der Waals surface area (Å²) in [6.45, 7) is 6.23. The molecule has 1 unspecified atom stereocenters. The predicted molar refractivity (Wildman–Crippen MR) is 279 cm³/mol. The second kappa shape index (κ2) is 52.2. The Morgan fingerprint density at radius 1 is 0.338 bits per heavy atom. The lowest BCUT2D eigenvalue weighted by Crippen LogP contribution is -2.30. The molecule has 0 bridgehead atoms. The van der Waals surface area contributed by atoms with Gasteiger partial charge in [0.1, 0.15) is 13.2 Å². The second-order valence-corrected chi connectivity index (χ2v) is 16.4. The molecule has 6 nitrogen and oxygen atoms in total. The minimum atomic E-state index is -0.840. The summed E-state index contributed by atoms with van der Waals surface area (Å²) in [6, 6.07) is 0. The van der Waals surface area contributed by atoms with E-state index in [2.05, 4.69) is 87.6 Å². The lowest BCUT2D eigenvalue weighted by molar-refractivity contribution is -0.166. The topological polar surface area (TPSA) is 78.9 Å². The average molecular weight is 897 g/mol. The first-order valence-corrected chi connectivity index (χ1v) is 25.8. The van der Waals surface area contributed by atoms with E-state index in [4.69, 9.17) is 14.2 Å². The van der Waals surface area contributed by atoms with Gasteiger partial charge in [0, 0.05) is 19.3 Å². The van der Waals surface area contributed by atoms with Gasteiger partial charge in [-0.05, 0) is 70.6 Å². The number of carbonyl (C=O) groups excluding carboxylic acids is 3. The van der Waals surface area contributed by atoms with E-state index in [-0.39, 0.29) is 44.0 Å². The van der Waals surface area contributed by atoms with Crippen LogP contribution in [0, 0.1) is 0 Å². The van der Waals surface area contributed by atoms with Gasteiger partial charge in [-0.1, -0.05) is 244 Å². The molecule has 0 heterocycles. The zero-order valence-corrected chi connectivity index (χ0v) is 41.4. The molecule has 0 aliphatic carbocycles. The molecule has 65 heavy (non-hydrogen) atoms. The highest BCUT2D eigenvalue weighted by atomic mass is 16.6. The molecule has 0 amide bonds. The van der Waals surface area contributed by atoms with Crippen molar-refractivity contribution in [2.75, 3.05) is 13.2 Å². The van der Waals surface area contributed by atoms with Crippen LogP contribution >= 0.6 is 0 Å². The molecule has 0 saturated heterocycles. The van der Waals surface area contributed by atoms with Gasteiger partial charge in [0.15, 0.2) is 6.10 Å². The highest BCUT2D eigenvalue weighted by Gasteiger charge is 2.19. The molecule has 0 saturated carbocycles. The molecule has 0 aromatic rings. The summed E-state index contributed by atoms with van der Waals surface area (Å²) in [5.41, 5.74) is 0. The third-order valence-corrected chi connectivity index (χ3v) is 10.3. The normalized spacial score (nSPS) is 13.2. The largest absolute Gasteiger partial charge is 0.462 e. The van der Waals surface area contributed by atoms with Crippen LogP contribution in [0.15, 0.2) is 134 Å². The van der Waals surface area contributed by atoms with Crippen molar-refractivity contribution in [3.05, 3.63) is 134 Å². The molecule has 0 radical (unpaired) electrons. The molecule has 0 spiro atoms. The maximum atomic E-state index is 12.8. The van der Waals surface area contributed by atoms with Crippen LogP contribution in [0.3, 0.4) is 0 Å². The zero-order chi connectivity index (χ0) is 47.2. The second-order valence-electron chi connectivity index (χ2n) is 16.4. The maximum Gasteiger partial charge on any atom is 0.306 e.